The Morgan fingerprint density at radius 1 is 1.90 bits per heavy atom. The topological polar surface area (TPSA) is 47.9 Å². The Morgan fingerprint density at radius 3 is 3.20 bits per heavy atom. The summed E-state index contributed by atoms with van der Waals surface area (Å²) in [4.78, 5) is 14.2. The van der Waals surface area contributed by atoms with Gasteiger partial charge in [-0.2, -0.15) is 0 Å². The van der Waals surface area contributed by atoms with E-state index in [0.717, 1.165) is 0 Å². The lowest BCUT2D eigenvalue weighted by atomic mass is 10.4. The maximum Gasteiger partial charge on any atom is 0.305 e. The number of hydrogen-bond donors (Lipinski definition) is 0. The van der Waals surface area contributed by atoms with Crippen LogP contribution in [0.15, 0.2) is 4.99 Å². The first-order chi connectivity index (χ1) is 4.79. The molecule has 0 aromatic carbocycles. The smallest absolute Gasteiger partial charge is 0.305 e. The molecule has 0 N–H and O–H groups in total. The van der Waals surface area contributed by atoms with Gasteiger partial charge in [-0.3, -0.25) is 9.79 Å². The minimum Gasteiger partial charge on any atom is -0.445 e. The third kappa shape index (κ3) is 2.05. The lowest BCUT2D eigenvalue weighted by Gasteiger charge is -2.17. The van der Waals surface area contributed by atoms with E-state index in [4.69, 9.17) is 9.47 Å². The van der Waals surface area contributed by atoms with Crippen LogP contribution in [0.2, 0.25) is 0 Å². The van der Waals surface area contributed by atoms with Gasteiger partial charge in [0.1, 0.15) is 0 Å². The molecule has 1 aliphatic rings. The highest BCUT2D eigenvalue weighted by Crippen LogP contribution is 2.03. The molecule has 10 heavy (non-hydrogen) atoms. The summed E-state index contributed by atoms with van der Waals surface area (Å²) in [7, 11) is 0. The quantitative estimate of drug-likeness (QED) is 0.497. The van der Waals surface area contributed by atoms with E-state index in [1.165, 1.54) is 13.3 Å². The summed E-state index contributed by atoms with van der Waals surface area (Å²) in [6.07, 6.45) is 1.54. The van der Waals surface area contributed by atoms with Gasteiger partial charge >= 0.3 is 5.97 Å². The number of hydrogen-bond acceptors (Lipinski definition) is 4. The van der Waals surface area contributed by atoms with Crippen LogP contribution in [0.4, 0.5) is 0 Å². The number of carbonyl (C=O) groups is 1. The molecule has 1 rings (SSSR count). The van der Waals surface area contributed by atoms with Gasteiger partial charge in [-0.25, -0.2) is 0 Å². The normalized spacial score (nSPS) is 23.5. The van der Waals surface area contributed by atoms with Crippen LogP contribution >= 0.6 is 0 Å². The van der Waals surface area contributed by atoms with E-state index in [0.29, 0.717) is 13.0 Å². The summed E-state index contributed by atoms with van der Waals surface area (Å²) < 4.78 is 9.59. The summed E-state index contributed by atoms with van der Waals surface area (Å²) in [6.45, 7) is 2.02. The van der Waals surface area contributed by atoms with Gasteiger partial charge in [-0.15, -0.1) is 0 Å². The highest BCUT2D eigenvalue weighted by molar-refractivity contribution is 5.66. The fourth-order valence-electron chi connectivity index (χ4n) is 0.683. The van der Waals surface area contributed by atoms with Crippen LogP contribution in [-0.4, -0.2) is 25.2 Å². The van der Waals surface area contributed by atoms with Crippen LogP contribution in [-0.2, 0) is 14.3 Å². The van der Waals surface area contributed by atoms with Crippen molar-refractivity contribution in [1.29, 1.82) is 0 Å². The standard InChI is InChI=1S/C6H9NO3/c1-5(8)10-6-2-3-7-4-9-6/h4,6H,2-3H2,1H3. The first-order valence-electron chi connectivity index (χ1n) is 3.10. The van der Waals surface area contributed by atoms with Gasteiger partial charge in [-0.1, -0.05) is 0 Å². The molecule has 56 valence electrons. The second-order valence-electron chi connectivity index (χ2n) is 1.98. The van der Waals surface area contributed by atoms with E-state index in [1.54, 1.807) is 0 Å². The summed E-state index contributed by atoms with van der Waals surface area (Å²) in [5.74, 6) is -0.319. The average molecular weight is 143 g/mol. The largest absolute Gasteiger partial charge is 0.445 e. The zero-order chi connectivity index (χ0) is 7.40. The summed E-state index contributed by atoms with van der Waals surface area (Å²) in [6, 6.07) is 0. The molecule has 0 spiro atoms. The first-order valence-corrected chi connectivity index (χ1v) is 3.10. The molecule has 0 bridgehead atoms. The Hall–Kier alpha value is -1.06. The lowest BCUT2D eigenvalue weighted by Crippen LogP contribution is -2.23. The van der Waals surface area contributed by atoms with E-state index < -0.39 is 6.29 Å². The first kappa shape index (κ1) is 7.05. The average Bonchev–Trinajstić information content (AvgIpc) is 1.88. The molecule has 0 aromatic heterocycles. The van der Waals surface area contributed by atoms with Crippen molar-refractivity contribution in [1.82, 2.24) is 0 Å². The molecule has 0 aliphatic carbocycles. The highest BCUT2D eigenvalue weighted by atomic mass is 16.7. The molecule has 4 nitrogen and oxygen atoms in total. The molecule has 1 unspecified atom stereocenters. The number of ether oxygens (including phenoxy) is 2. The Balaban J connectivity index is 2.28. The van der Waals surface area contributed by atoms with Crippen molar-refractivity contribution in [3.05, 3.63) is 0 Å². The molecule has 4 heteroatoms. The van der Waals surface area contributed by atoms with Crippen LogP contribution in [0.5, 0.6) is 0 Å². The Bertz CT molecular complexity index is 155. The van der Waals surface area contributed by atoms with Gasteiger partial charge in [0.05, 0.1) is 0 Å². The van der Waals surface area contributed by atoms with Gasteiger partial charge in [-0.05, 0) is 0 Å². The molecule has 0 radical (unpaired) electrons. The number of carbonyl (C=O) groups excluding carboxylic acids is 1. The van der Waals surface area contributed by atoms with E-state index in [2.05, 4.69) is 4.99 Å². The van der Waals surface area contributed by atoms with Crippen molar-refractivity contribution in [3.8, 4) is 0 Å². The zero-order valence-electron chi connectivity index (χ0n) is 5.74. The Labute approximate surface area is 58.8 Å². The minimum atomic E-state index is -0.421. The fraction of sp³-hybridized carbons (Fsp3) is 0.667. The maximum absolute atomic E-state index is 10.4. The maximum atomic E-state index is 10.4. The van der Waals surface area contributed by atoms with Crippen molar-refractivity contribution >= 4 is 12.4 Å². The van der Waals surface area contributed by atoms with E-state index in [1.807, 2.05) is 0 Å². The minimum absolute atomic E-state index is 0.319. The number of nitrogens with zero attached hydrogens (tertiary/aromatic N) is 1. The molecule has 1 atom stereocenters. The molecule has 1 heterocycles. The zero-order valence-corrected chi connectivity index (χ0v) is 5.74. The van der Waals surface area contributed by atoms with Crippen molar-refractivity contribution in [2.45, 2.75) is 19.6 Å². The number of aliphatic imine (C=N–C) groups is 1. The van der Waals surface area contributed by atoms with Gasteiger partial charge in [0.2, 0.25) is 6.29 Å². The molecule has 0 amide bonds. The van der Waals surface area contributed by atoms with Crippen LogP contribution in [0.1, 0.15) is 13.3 Å². The molecular formula is C6H9NO3. The van der Waals surface area contributed by atoms with Crippen LogP contribution in [0.25, 0.3) is 0 Å². The van der Waals surface area contributed by atoms with Crippen molar-refractivity contribution < 1.29 is 14.3 Å². The van der Waals surface area contributed by atoms with Gasteiger partial charge in [0.15, 0.2) is 6.40 Å². The van der Waals surface area contributed by atoms with E-state index in [-0.39, 0.29) is 5.97 Å². The third-order valence-corrected chi connectivity index (χ3v) is 1.08. The second-order valence-corrected chi connectivity index (χ2v) is 1.98. The predicted octanol–water partition coefficient (Wildman–Crippen LogP) is 0.324. The van der Waals surface area contributed by atoms with Gasteiger partial charge < -0.3 is 9.47 Å². The van der Waals surface area contributed by atoms with Crippen molar-refractivity contribution in [2.75, 3.05) is 6.54 Å². The molecule has 1 aliphatic heterocycles. The van der Waals surface area contributed by atoms with E-state index >= 15 is 0 Å². The summed E-state index contributed by atoms with van der Waals surface area (Å²) >= 11 is 0. The van der Waals surface area contributed by atoms with E-state index in [9.17, 15) is 4.79 Å². The fourth-order valence-corrected chi connectivity index (χ4v) is 0.683. The highest BCUT2D eigenvalue weighted by Gasteiger charge is 2.13. The van der Waals surface area contributed by atoms with Gasteiger partial charge in [0.25, 0.3) is 0 Å². The van der Waals surface area contributed by atoms with Crippen LogP contribution < -0.4 is 0 Å². The SMILES string of the molecule is CC(=O)OC1CCN=CO1. The van der Waals surface area contributed by atoms with Crippen LogP contribution in [0, 0.1) is 0 Å². The Morgan fingerprint density at radius 2 is 2.70 bits per heavy atom. The molecule has 0 aromatic rings. The second kappa shape index (κ2) is 3.20. The lowest BCUT2D eigenvalue weighted by molar-refractivity contribution is -0.163. The van der Waals surface area contributed by atoms with Crippen LogP contribution in [0.3, 0.4) is 0 Å². The third-order valence-electron chi connectivity index (χ3n) is 1.08. The molecule has 0 saturated heterocycles. The number of esters is 1. The molecular weight excluding hydrogens is 134 g/mol. The predicted molar refractivity (Wildman–Crippen MR) is 34.6 cm³/mol. The summed E-state index contributed by atoms with van der Waals surface area (Å²) in [5.41, 5.74) is 0. The summed E-state index contributed by atoms with van der Waals surface area (Å²) in [5, 5.41) is 0. The monoisotopic (exact) mass is 143 g/mol. The van der Waals surface area contributed by atoms with Crippen molar-refractivity contribution in [3.63, 3.8) is 0 Å². The molecule has 0 fully saturated rings. The Kier molecular flexibility index (Phi) is 2.25. The number of rotatable bonds is 1. The molecule has 0 saturated carbocycles. The van der Waals surface area contributed by atoms with Gasteiger partial charge in [0, 0.05) is 19.9 Å². The van der Waals surface area contributed by atoms with Crippen molar-refractivity contribution in [2.24, 2.45) is 4.99 Å².